The second kappa shape index (κ2) is 6.52. The summed E-state index contributed by atoms with van der Waals surface area (Å²) in [5.74, 6) is -0.482. The molecule has 2 heterocycles. The zero-order chi connectivity index (χ0) is 23.4. The smallest absolute Gasteiger partial charge is 0.161 e. The highest BCUT2D eigenvalue weighted by Crippen LogP contribution is 2.42. The van der Waals surface area contributed by atoms with Gasteiger partial charge in [0.25, 0.3) is 0 Å². The molecule has 0 spiro atoms. The topological polar surface area (TPSA) is 38.8 Å². The van der Waals surface area contributed by atoms with E-state index < -0.39 is 26.6 Å². The Labute approximate surface area is 150 Å². The number of rotatable bonds is 4. The summed E-state index contributed by atoms with van der Waals surface area (Å²) in [6.07, 6.45) is 0.715. The maximum absolute atomic E-state index is 12.8. The van der Waals surface area contributed by atoms with Gasteiger partial charge in [-0.25, -0.2) is 0 Å². The Hall–Kier alpha value is -1.55. The highest BCUT2D eigenvalue weighted by atomic mass is 16.5. The molecule has 0 amide bonds. The molecule has 2 aliphatic rings. The van der Waals surface area contributed by atoms with Crippen molar-refractivity contribution in [3.8, 4) is 11.5 Å². The van der Waals surface area contributed by atoms with Crippen LogP contribution in [0.3, 0.4) is 0 Å². The Balaban J connectivity index is 2.05. The number of carbonyl (C=O) groups excluding carboxylic acids is 1. The molecule has 0 aromatic heterocycles. The third-order valence-corrected chi connectivity index (χ3v) is 4.66. The van der Waals surface area contributed by atoms with E-state index in [-0.39, 0.29) is 42.6 Å². The Morgan fingerprint density at radius 3 is 2.78 bits per heavy atom. The second-order valence-electron chi connectivity index (χ2n) is 6.70. The van der Waals surface area contributed by atoms with Crippen LogP contribution in [0.2, 0.25) is 0 Å². The van der Waals surface area contributed by atoms with E-state index in [2.05, 4.69) is 0 Å². The average Bonchev–Trinajstić information content (AvgIpc) is 2.54. The van der Waals surface area contributed by atoms with Gasteiger partial charge in [0, 0.05) is 34.2 Å². The van der Waals surface area contributed by atoms with Crippen LogP contribution in [-0.4, -0.2) is 37.8 Å². The molecule has 1 aromatic rings. The molecule has 1 aromatic carbocycles. The number of aryl methyl sites for hydroxylation is 1. The maximum atomic E-state index is 12.8. The maximum Gasteiger partial charge on any atom is 0.161 e. The minimum absolute atomic E-state index is 0.0414. The van der Waals surface area contributed by atoms with Crippen LogP contribution in [-0.2, 0) is 11.2 Å². The lowest BCUT2D eigenvalue weighted by molar-refractivity contribution is -0.129. The van der Waals surface area contributed by atoms with Crippen molar-refractivity contribution in [1.29, 1.82) is 0 Å². The summed E-state index contributed by atoms with van der Waals surface area (Å²) in [5.41, 5.74) is 1.03. The molecular weight excluding hydrogens is 290 g/mol. The first kappa shape index (κ1) is 9.07. The van der Waals surface area contributed by atoms with Crippen molar-refractivity contribution < 1.29 is 25.2 Å². The van der Waals surface area contributed by atoms with E-state index in [1.54, 1.807) is 4.90 Å². The van der Waals surface area contributed by atoms with Crippen LogP contribution in [0.5, 0.6) is 11.5 Å². The number of carbonyl (C=O) groups is 1. The molecule has 4 nitrogen and oxygen atoms in total. The fourth-order valence-electron chi connectivity index (χ4n) is 3.59. The number of ketones is 1. The normalized spacial score (nSPS) is 32.7. The lowest BCUT2D eigenvalue weighted by Crippen LogP contribution is -2.46. The predicted octanol–water partition coefficient (Wildman–Crippen LogP) is 3.24. The van der Waals surface area contributed by atoms with E-state index >= 15 is 0 Å². The van der Waals surface area contributed by atoms with E-state index in [1.165, 1.54) is 12.1 Å². The highest BCUT2D eigenvalue weighted by Gasteiger charge is 2.38. The Kier molecular flexibility index (Phi) is 2.57. The Morgan fingerprint density at radius 1 is 1.35 bits per heavy atom. The lowest BCUT2D eigenvalue weighted by atomic mass is 9.80. The van der Waals surface area contributed by atoms with Gasteiger partial charge in [0.2, 0.25) is 0 Å². The molecule has 4 heteroatoms. The number of Topliss-reactive ketones (excluding diaryl/α,β-unsaturated/α-hetero) is 1. The summed E-state index contributed by atoms with van der Waals surface area (Å²) in [6.45, 7) is 2.56. The van der Waals surface area contributed by atoms with Gasteiger partial charge in [0.05, 0.1) is 22.3 Å². The number of piperidine rings is 1. The molecule has 0 radical (unpaired) electrons. The van der Waals surface area contributed by atoms with Crippen LogP contribution < -0.4 is 9.47 Å². The van der Waals surface area contributed by atoms with Crippen LogP contribution in [0, 0.1) is 11.8 Å². The molecule has 2 atom stereocenters. The van der Waals surface area contributed by atoms with Crippen molar-refractivity contribution in [1.82, 2.24) is 4.90 Å². The SMILES string of the molecule is [2H]C([2H])([2H])Oc1cc2c(cc1OC([2H])([2H])[2H])C1CC(=O)C(CC(C)C)CN1C([2H])([2H])C2. The Morgan fingerprint density at radius 2 is 2.09 bits per heavy atom. The zero-order valence-corrected chi connectivity index (χ0v) is 13.4. The first-order chi connectivity index (χ1) is 14.1. The fourth-order valence-corrected chi connectivity index (χ4v) is 3.59. The van der Waals surface area contributed by atoms with Gasteiger partial charge in [-0.1, -0.05) is 13.8 Å². The van der Waals surface area contributed by atoms with Crippen molar-refractivity contribution >= 4 is 5.78 Å². The average molecular weight is 325 g/mol. The van der Waals surface area contributed by atoms with Crippen LogP contribution >= 0.6 is 0 Å². The number of hydrogen-bond donors (Lipinski definition) is 0. The number of fused-ring (bicyclic) bond motifs is 3. The van der Waals surface area contributed by atoms with Crippen LogP contribution in [0.4, 0.5) is 0 Å². The number of benzene rings is 1. The van der Waals surface area contributed by atoms with E-state index in [4.69, 9.17) is 20.4 Å². The molecule has 126 valence electrons. The van der Waals surface area contributed by atoms with Gasteiger partial charge < -0.3 is 9.47 Å². The molecule has 0 bridgehead atoms. The van der Waals surface area contributed by atoms with Gasteiger partial charge in [0.1, 0.15) is 5.78 Å². The van der Waals surface area contributed by atoms with Crippen LogP contribution in [0.1, 0.15) is 54.8 Å². The first-order valence-electron chi connectivity index (χ1n) is 11.9. The highest BCUT2D eigenvalue weighted by molar-refractivity contribution is 5.83. The van der Waals surface area contributed by atoms with Crippen molar-refractivity contribution in [3.05, 3.63) is 23.3 Å². The summed E-state index contributed by atoms with van der Waals surface area (Å²) >= 11 is 0. The Bertz CT molecular complexity index is 850. The third kappa shape index (κ3) is 3.09. The summed E-state index contributed by atoms with van der Waals surface area (Å²) in [4.78, 5) is 14.5. The monoisotopic (exact) mass is 325 g/mol. The number of nitrogens with zero attached hydrogens (tertiary/aromatic N) is 1. The standard InChI is InChI=1S/C19H27NO3/c1-12(2)7-14-11-20-6-5-13-8-18(22-3)19(23-4)9-15(13)16(20)10-17(14)21/h8-9,12,14,16H,5-7,10-11H2,1-4H3/i3D3,4D3,6D2. The van der Waals surface area contributed by atoms with Crippen molar-refractivity contribution in [2.24, 2.45) is 11.8 Å². The summed E-state index contributed by atoms with van der Waals surface area (Å²) in [5, 5.41) is 0. The summed E-state index contributed by atoms with van der Waals surface area (Å²) < 4.78 is 71.4. The molecule has 3 rings (SSSR count). The molecule has 23 heavy (non-hydrogen) atoms. The van der Waals surface area contributed by atoms with Crippen LogP contribution in [0.15, 0.2) is 12.1 Å². The largest absolute Gasteiger partial charge is 0.493 e. The number of hydrogen-bond acceptors (Lipinski definition) is 4. The molecule has 0 N–H and O–H groups in total. The number of ether oxygens (including phenoxy) is 2. The van der Waals surface area contributed by atoms with E-state index in [9.17, 15) is 4.79 Å². The van der Waals surface area contributed by atoms with Gasteiger partial charge in [-0.15, -0.1) is 0 Å². The van der Waals surface area contributed by atoms with Crippen molar-refractivity contribution in [3.63, 3.8) is 0 Å². The molecule has 1 saturated heterocycles. The zero-order valence-electron chi connectivity index (χ0n) is 21.4. The van der Waals surface area contributed by atoms with Gasteiger partial charge in [0.15, 0.2) is 11.5 Å². The minimum Gasteiger partial charge on any atom is -0.493 e. The number of methoxy groups -OCH3 is 2. The summed E-state index contributed by atoms with van der Waals surface area (Å²) in [6, 6.07) is 2.12. The quantitative estimate of drug-likeness (QED) is 0.852. The van der Waals surface area contributed by atoms with Gasteiger partial charge in [-0.2, -0.15) is 0 Å². The fraction of sp³-hybridized carbons (Fsp3) is 0.632. The van der Waals surface area contributed by atoms with Gasteiger partial charge in [-0.3, -0.25) is 9.69 Å². The van der Waals surface area contributed by atoms with Gasteiger partial charge in [-0.05, 0) is 42.0 Å². The molecule has 1 fully saturated rings. The minimum atomic E-state index is -2.84. The molecular formula is C19H27NO3. The van der Waals surface area contributed by atoms with Crippen LogP contribution in [0.25, 0.3) is 0 Å². The lowest BCUT2D eigenvalue weighted by Gasteiger charge is -2.43. The van der Waals surface area contributed by atoms with Crippen molar-refractivity contribution in [2.45, 2.75) is 39.2 Å². The predicted molar refractivity (Wildman–Crippen MR) is 90.1 cm³/mol. The van der Waals surface area contributed by atoms with Gasteiger partial charge >= 0.3 is 0 Å². The first-order valence-corrected chi connectivity index (χ1v) is 7.90. The third-order valence-electron chi connectivity index (χ3n) is 4.66. The molecule has 0 saturated carbocycles. The van der Waals surface area contributed by atoms with E-state index in [0.29, 0.717) is 23.5 Å². The van der Waals surface area contributed by atoms with Crippen molar-refractivity contribution in [2.75, 3.05) is 27.1 Å². The second-order valence-corrected chi connectivity index (χ2v) is 6.70. The van der Waals surface area contributed by atoms with E-state index in [1.807, 2.05) is 13.8 Å². The molecule has 2 unspecified atom stereocenters. The molecule has 2 aliphatic heterocycles. The van der Waals surface area contributed by atoms with E-state index in [0.717, 1.165) is 0 Å². The molecule has 0 aliphatic carbocycles. The summed E-state index contributed by atoms with van der Waals surface area (Å²) in [7, 11) is -5.68.